The molecule has 5 nitrogen and oxygen atoms in total. The third kappa shape index (κ3) is 4.89. The molecular formula is C21H22ClN3O2. The van der Waals surface area contributed by atoms with E-state index in [1.165, 1.54) is 10.9 Å². The van der Waals surface area contributed by atoms with E-state index in [0.717, 1.165) is 11.9 Å². The zero-order valence-electron chi connectivity index (χ0n) is 15.2. The average molecular weight is 384 g/mol. The highest BCUT2D eigenvalue weighted by atomic mass is 35.5. The van der Waals surface area contributed by atoms with Crippen molar-refractivity contribution in [2.75, 3.05) is 19.6 Å². The van der Waals surface area contributed by atoms with E-state index >= 15 is 0 Å². The molecule has 1 aromatic heterocycles. The minimum Gasteiger partial charge on any atom is -0.361 e. The number of nitrogens with one attached hydrogen (secondary N) is 2. The maximum Gasteiger partial charge on any atom is 0.251 e. The quantitative estimate of drug-likeness (QED) is 0.654. The third-order valence-corrected chi connectivity index (χ3v) is 4.80. The number of benzene rings is 2. The Hall–Kier alpha value is -2.79. The Morgan fingerprint density at radius 3 is 2.56 bits per heavy atom. The number of nitrogens with zero attached hydrogens (tertiary/aromatic N) is 1. The van der Waals surface area contributed by atoms with E-state index in [1.54, 1.807) is 36.1 Å². The van der Waals surface area contributed by atoms with Crippen molar-refractivity contribution in [3.05, 3.63) is 70.9 Å². The van der Waals surface area contributed by atoms with Crippen LogP contribution < -0.4 is 5.32 Å². The van der Waals surface area contributed by atoms with Crippen LogP contribution in [0.15, 0.2) is 54.7 Å². The van der Waals surface area contributed by atoms with Gasteiger partial charge in [-0.25, -0.2) is 0 Å². The van der Waals surface area contributed by atoms with Crippen LogP contribution in [0.25, 0.3) is 10.9 Å². The topological polar surface area (TPSA) is 65.2 Å². The van der Waals surface area contributed by atoms with Gasteiger partial charge in [-0.15, -0.1) is 0 Å². The van der Waals surface area contributed by atoms with Gasteiger partial charge in [-0.05, 0) is 42.3 Å². The molecule has 0 fully saturated rings. The number of aromatic amines is 1. The number of para-hydroxylation sites is 1. The zero-order chi connectivity index (χ0) is 19.2. The van der Waals surface area contributed by atoms with Crippen LogP contribution >= 0.6 is 11.6 Å². The van der Waals surface area contributed by atoms with Crippen LogP contribution in [0, 0.1) is 0 Å². The van der Waals surface area contributed by atoms with Crippen LogP contribution in [-0.4, -0.2) is 41.3 Å². The van der Waals surface area contributed by atoms with Gasteiger partial charge in [0.1, 0.15) is 0 Å². The van der Waals surface area contributed by atoms with Crippen molar-refractivity contribution < 1.29 is 9.59 Å². The first kappa shape index (κ1) is 19.0. The van der Waals surface area contributed by atoms with Crippen LogP contribution in [-0.2, 0) is 11.2 Å². The van der Waals surface area contributed by atoms with Gasteiger partial charge in [0.15, 0.2) is 0 Å². The lowest BCUT2D eigenvalue weighted by molar-refractivity contribution is -0.128. The smallest absolute Gasteiger partial charge is 0.251 e. The van der Waals surface area contributed by atoms with E-state index in [1.807, 2.05) is 24.4 Å². The predicted octanol–water partition coefficient (Wildman–Crippen LogP) is 3.64. The van der Waals surface area contributed by atoms with Gasteiger partial charge in [0.2, 0.25) is 5.91 Å². The summed E-state index contributed by atoms with van der Waals surface area (Å²) in [7, 11) is 0. The van der Waals surface area contributed by atoms with Gasteiger partial charge in [0.25, 0.3) is 5.91 Å². The summed E-state index contributed by atoms with van der Waals surface area (Å²) in [5, 5.41) is 4.61. The molecule has 1 heterocycles. The van der Waals surface area contributed by atoms with Crippen LogP contribution in [0.2, 0.25) is 5.02 Å². The summed E-state index contributed by atoms with van der Waals surface area (Å²) in [4.78, 5) is 29.1. The first-order valence-corrected chi connectivity index (χ1v) is 9.26. The fraction of sp³-hybridized carbons (Fsp3) is 0.238. The normalized spacial score (nSPS) is 10.7. The van der Waals surface area contributed by atoms with E-state index in [9.17, 15) is 9.59 Å². The maximum absolute atomic E-state index is 12.1. The van der Waals surface area contributed by atoms with Gasteiger partial charge in [-0.3, -0.25) is 9.59 Å². The molecule has 3 aromatic rings. The van der Waals surface area contributed by atoms with Crippen molar-refractivity contribution in [3.8, 4) is 0 Å². The van der Waals surface area contributed by atoms with Crippen LogP contribution in [0.5, 0.6) is 0 Å². The van der Waals surface area contributed by atoms with E-state index in [4.69, 9.17) is 11.6 Å². The van der Waals surface area contributed by atoms with Gasteiger partial charge in [-0.1, -0.05) is 29.8 Å². The third-order valence-electron chi connectivity index (χ3n) is 4.54. The number of amides is 2. The Bertz CT molecular complexity index is 934. The molecule has 0 aliphatic rings. The molecule has 3 rings (SSSR count). The second-order valence-corrected chi connectivity index (χ2v) is 6.81. The molecule has 0 bridgehead atoms. The molecule has 0 saturated carbocycles. The van der Waals surface area contributed by atoms with Gasteiger partial charge in [0, 0.05) is 54.2 Å². The Balaban J connectivity index is 1.52. The summed E-state index contributed by atoms with van der Waals surface area (Å²) in [6.45, 7) is 3.02. The lowest BCUT2D eigenvalue weighted by Gasteiger charge is -2.21. The molecule has 0 spiro atoms. The highest BCUT2D eigenvalue weighted by molar-refractivity contribution is 6.30. The SMILES string of the molecule is CC(=O)N(CCNC(=O)c1ccc(Cl)cc1)CCc1c[nH]c2ccccc12. The second kappa shape index (κ2) is 8.73. The van der Waals surface area contributed by atoms with E-state index in [-0.39, 0.29) is 11.8 Å². The number of fused-ring (bicyclic) bond motifs is 1. The number of aromatic nitrogens is 1. The molecular weight excluding hydrogens is 362 g/mol. The first-order valence-electron chi connectivity index (χ1n) is 8.89. The summed E-state index contributed by atoms with van der Waals surface area (Å²) in [5.41, 5.74) is 2.83. The molecule has 0 aliphatic carbocycles. The summed E-state index contributed by atoms with van der Waals surface area (Å²) >= 11 is 5.83. The molecule has 0 unspecified atom stereocenters. The Morgan fingerprint density at radius 2 is 1.81 bits per heavy atom. The summed E-state index contributed by atoms with van der Waals surface area (Å²) < 4.78 is 0. The molecule has 0 aliphatic heterocycles. The number of hydrogen-bond acceptors (Lipinski definition) is 2. The fourth-order valence-corrected chi connectivity index (χ4v) is 3.15. The highest BCUT2D eigenvalue weighted by Gasteiger charge is 2.12. The number of rotatable bonds is 7. The molecule has 140 valence electrons. The highest BCUT2D eigenvalue weighted by Crippen LogP contribution is 2.18. The summed E-state index contributed by atoms with van der Waals surface area (Å²) in [5.74, 6) is -0.178. The largest absolute Gasteiger partial charge is 0.361 e. The molecule has 27 heavy (non-hydrogen) atoms. The number of carbonyl (C=O) groups is 2. The lowest BCUT2D eigenvalue weighted by Crippen LogP contribution is -2.38. The number of H-pyrrole nitrogens is 1. The second-order valence-electron chi connectivity index (χ2n) is 6.38. The molecule has 2 N–H and O–H groups in total. The molecule has 6 heteroatoms. The minimum absolute atomic E-state index is 0.00409. The van der Waals surface area contributed by atoms with Crippen LogP contribution in [0.4, 0.5) is 0 Å². The molecule has 2 amide bonds. The molecule has 0 atom stereocenters. The molecule has 2 aromatic carbocycles. The minimum atomic E-state index is -0.174. The van der Waals surface area contributed by atoms with E-state index in [2.05, 4.69) is 16.4 Å². The Kier molecular flexibility index (Phi) is 6.14. The van der Waals surface area contributed by atoms with E-state index in [0.29, 0.717) is 30.2 Å². The maximum atomic E-state index is 12.1. The number of carbonyl (C=O) groups excluding carboxylic acids is 2. The fourth-order valence-electron chi connectivity index (χ4n) is 3.03. The Morgan fingerprint density at radius 1 is 1.07 bits per heavy atom. The van der Waals surface area contributed by atoms with Crippen molar-refractivity contribution in [2.24, 2.45) is 0 Å². The van der Waals surface area contributed by atoms with Gasteiger partial charge < -0.3 is 15.2 Å². The van der Waals surface area contributed by atoms with Crippen molar-refractivity contribution in [2.45, 2.75) is 13.3 Å². The van der Waals surface area contributed by atoms with Crippen molar-refractivity contribution in [1.29, 1.82) is 0 Å². The average Bonchev–Trinajstić information content (AvgIpc) is 3.08. The monoisotopic (exact) mass is 383 g/mol. The standard InChI is InChI=1S/C21H22ClN3O2/c1-15(26)25(12-10-17-14-24-20-5-3-2-4-19(17)20)13-11-23-21(27)16-6-8-18(22)9-7-16/h2-9,14,24H,10-13H2,1H3,(H,23,27). The summed E-state index contributed by atoms with van der Waals surface area (Å²) in [6, 6.07) is 14.8. The van der Waals surface area contributed by atoms with Crippen LogP contribution in [0.1, 0.15) is 22.8 Å². The lowest BCUT2D eigenvalue weighted by atomic mass is 10.1. The number of halogens is 1. The van der Waals surface area contributed by atoms with Crippen molar-refractivity contribution in [3.63, 3.8) is 0 Å². The van der Waals surface area contributed by atoms with Crippen molar-refractivity contribution >= 4 is 34.3 Å². The van der Waals surface area contributed by atoms with E-state index < -0.39 is 0 Å². The van der Waals surface area contributed by atoms with Gasteiger partial charge in [-0.2, -0.15) is 0 Å². The van der Waals surface area contributed by atoms with Crippen molar-refractivity contribution in [1.82, 2.24) is 15.2 Å². The molecule has 0 radical (unpaired) electrons. The zero-order valence-corrected chi connectivity index (χ0v) is 15.9. The van der Waals surface area contributed by atoms with Gasteiger partial charge in [0.05, 0.1) is 0 Å². The van der Waals surface area contributed by atoms with Crippen LogP contribution in [0.3, 0.4) is 0 Å². The summed E-state index contributed by atoms with van der Waals surface area (Å²) in [6.07, 6.45) is 2.75. The predicted molar refractivity (Wildman–Crippen MR) is 108 cm³/mol. The Labute approximate surface area is 163 Å². The number of hydrogen-bond donors (Lipinski definition) is 2. The molecule has 0 saturated heterocycles. The van der Waals surface area contributed by atoms with Gasteiger partial charge >= 0.3 is 0 Å². The first-order chi connectivity index (χ1) is 13.0.